The first kappa shape index (κ1) is 17.3. The number of carboxylic acids is 1. The van der Waals surface area contributed by atoms with Gasteiger partial charge in [-0.3, -0.25) is 9.59 Å². The highest BCUT2D eigenvalue weighted by Crippen LogP contribution is 2.16. The highest BCUT2D eigenvalue weighted by molar-refractivity contribution is 5.94. The molecule has 2 aromatic carbocycles. The van der Waals surface area contributed by atoms with Gasteiger partial charge in [0.05, 0.1) is 0 Å². The van der Waals surface area contributed by atoms with Crippen LogP contribution in [0.4, 0.5) is 0 Å². The van der Waals surface area contributed by atoms with Gasteiger partial charge < -0.3 is 15.2 Å². The Balaban J connectivity index is 1.93. The lowest BCUT2D eigenvalue weighted by Crippen LogP contribution is -2.37. The van der Waals surface area contributed by atoms with Crippen LogP contribution in [0.15, 0.2) is 60.7 Å². The summed E-state index contributed by atoms with van der Waals surface area (Å²) >= 11 is 0. The first-order valence-electron chi connectivity index (χ1n) is 7.53. The van der Waals surface area contributed by atoms with E-state index in [1.807, 2.05) is 54.6 Å². The van der Waals surface area contributed by atoms with E-state index in [1.54, 1.807) is 6.08 Å². The minimum absolute atomic E-state index is 0.458. The largest absolute Gasteiger partial charge is 0.489 e. The zero-order valence-electron chi connectivity index (χ0n) is 13.3. The third-order valence-corrected chi connectivity index (χ3v) is 3.26. The van der Waals surface area contributed by atoms with Crippen molar-refractivity contribution in [1.29, 1.82) is 0 Å². The van der Waals surface area contributed by atoms with Crippen molar-refractivity contribution in [3.8, 4) is 5.75 Å². The summed E-state index contributed by atoms with van der Waals surface area (Å²) in [5.41, 5.74) is 1.86. The molecule has 0 radical (unpaired) electrons. The fourth-order valence-corrected chi connectivity index (χ4v) is 1.94. The molecule has 0 aliphatic heterocycles. The van der Waals surface area contributed by atoms with Crippen LogP contribution in [-0.2, 0) is 16.2 Å². The Kier molecular flexibility index (Phi) is 6.14. The molecule has 0 aromatic heterocycles. The summed E-state index contributed by atoms with van der Waals surface area (Å²) in [6, 6.07) is 16.2. The minimum Gasteiger partial charge on any atom is -0.489 e. The number of ether oxygens (including phenoxy) is 1. The highest BCUT2D eigenvalue weighted by Gasteiger charge is 2.11. The second kappa shape index (κ2) is 8.53. The summed E-state index contributed by atoms with van der Waals surface area (Å²) in [5, 5.41) is 11.1. The fraction of sp³-hybridized carbons (Fsp3) is 0.158. The molecule has 5 nitrogen and oxygen atoms in total. The van der Waals surface area contributed by atoms with Crippen molar-refractivity contribution in [2.75, 3.05) is 0 Å². The van der Waals surface area contributed by atoms with Crippen LogP contribution in [0.2, 0.25) is 0 Å². The van der Waals surface area contributed by atoms with Crippen LogP contribution in [-0.4, -0.2) is 23.0 Å². The van der Waals surface area contributed by atoms with Crippen LogP contribution in [0.3, 0.4) is 0 Å². The van der Waals surface area contributed by atoms with Gasteiger partial charge in [0.25, 0.3) is 0 Å². The number of nitrogens with one attached hydrogen (secondary N) is 1. The van der Waals surface area contributed by atoms with Crippen LogP contribution in [0.1, 0.15) is 18.1 Å². The summed E-state index contributed by atoms with van der Waals surface area (Å²) in [4.78, 5) is 22.3. The highest BCUT2D eigenvalue weighted by atomic mass is 16.5. The Hall–Kier alpha value is -3.08. The number of hydrogen-bond donors (Lipinski definition) is 2. The van der Waals surface area contributed by atoms with Gasteiger partial charge in [-0.1, -0.05) is 42.5 Å². The molecule has 0 aliphatic carbocycles. The Labute approximate surface area is 140 Å². The first-order valence-corrected chi connectivity index (χ1v) is 7.53. The van der Waals surface area contributed by atoms with Crippen molar-refractivity contribution in [3.05, 3.63) is 71.8 Å². The molecule has 2 aromatic rings. The van der Waals surface area contributed by atoms with E-state index in [0.29, 0.717) is 12.4 Å². The minimum atomic E-state index is -1.08. The van der Waals surface area contributed by atoms with E-state index in [4.69, 9.17) is 9.84 Å². The molecule has 0 heterocycles. The van der Waals surface area contributed by atoms with Gasteiger partial charge in [-0.2, -0.15) is 0 Å². The molecule has 0 bridgehead atoms. The van der Waals surface area contributed by atoms with E-state index >= 15 is 0 Å². The number of carbonyl (C=O) groups is 2. The van der Waals surface area contributed by atoms with Crippen LogP contribution < -0.4 is 10.1 Å². The first-order chi connectivity index (χ1) is 11.5. The average molecular weight is 325 g/mol. The smallest absolute Gasteiger partial charge is 0.325 e. The normalized spacial score (nSPS) is 11.9. The predicted molar refractivity (Wildman–Crippen MR) is 91.5 cm³/mol. The topological polar surface area (TPSA) is 75.6 Å². The molecule has 124 valence electrons. The van der Waals surface area contributed by atoms with Gasteiger partial charge in [0.2, 0.25) is 5.91 Å². The van der Waals surface area contributed by atoms with Gasteiger partial charge in [0.1, 0.15) is 18.4 Å². The molecule has 24 heavy (non-hydrogen) atoms. The van der Waals surface area contributed by atoms with Gasteiger partial charge in [0.15, 0.2) is 0 Å². The van der Waals surface area contributed by atoms with Gasteiger partial charge in [0, 0.05) is 6.08 Å². The number of rotatable bonds is 7. The third-order valence-electron chi connectivity index (χ3n) is 3.26. The quantitative estimate of drug-likeness (QED) is 0.768. The predicted octanol–water partition coefficient (Wildman–Crippen LogP) is 2.87. The molecule has 0 fully saturated rings. The summed E-state index contributed by atoms with van der Waals surface area (Å²) < 4.78 is 5.72. The van der Waals surface area contributed by atoms with Crippen LogP contribution in [0, 0.1) is 0 Å². The van der Waals surface area contributed by atoms with E-state index < -0.39 is 17.9 Å². The Bertz CT molecular complexity index is 725. The van der Waals surface area contributed by atoms with Gasteiger partial charge in [-0.25, -0.2) is 0 Å². The Morgan fingerprint density at radius 2 is 1.92 bits per heavy atom. The second-order valence-electron chi connectivity index (χ2n) is 5.25. The molecule has 5 heteroatoms. The molecular weight excluding hydrogens is 306 g/mol. The number of hydrogen-bond acceptors (Lipinski definition) is 3. The number of benzene rings is 2. The van der Waals surface area contributed by atoms with Crippen molar-refractivity contribution in [3.63, 3.8) is 0 Å². The molecule has 0 spiro atoms. The molecule has 1 amide bonds. The van der Waals surface area contributed by atoms with E-state index in [2.05, 4.69) is 5.32 Å². The van der Waals surface area contributed by atoms with E-state index in [-0.39, 0.29) is 0 Å². The lowest BCUT2D eigenvalue weighted by molar-refractivity contribution is -0.140. The second-order valence-corrected chi connectivity index (χ2v) is 5.25. The molecule has 0 saturated heterocycles. The van der Waals surface area contributed by atoms with Gasteiger partial charge in [-0.15, -0.1) is 0 Å². The van der Waals surface area contributed by atoms with Crippen LogP contribution in [0.25, 0.3) is 6.08 Å². The van der Waals surface area contributed by atoms with Crippen molar-refractivity contribution in [2.45, 2.75) is 19.6 Å². The maximum atomic E-state index is 11.6. The van der Waals surface area contributed by atoms with Crippen molar-refractivity contribution >= 4 is 18.0 Å². The summed E-state index contributed by atoms with van der Waals surface area (Å²) in [6.45, 7) is 1.87. The maximum absolute atomic E-state index is 11.6. The fourth-order valence-electron chi connectivity index (χ4n) is 1.94. The number of carboxylic acid groups (broad SMARTS) is 1. The SMILES string of the molecule is CC(NC(=O)/C=C/c1cccc(OCc2ccccc2)c1)C(=O)O. The molecule has 2 N–H and O–H groups in total. The maximum Gasteiger partial charge on any atom is 0.325 e. The third kappa shape index (κ3) is 5.61. The van der Waals surface area contributed by atoms with E-state index in [1.165, 1.54) is 13.0 Å². The van der Waals surface area contributed by atoms with Crippen LogP contribution >= 0.6 is 0 Å². The number of aliphatic carboxylic acids is 1. The van der Waals surface area contributed by atoms with Crippen molar-refractivity contribution < 1.29 is 19.4 Å². The molecule has 2 rings (SSSR count). The summed E-state index contributed by atoms with van der Waals surface area (Å²) in [6.07, 6.45) is 2.91. The Morgan fingerprint density at radius 1 is 1.17 bits per heavy atom. The standard InChI is InChI=1S/C19H19NO4/c1-14(19(22)23)20-18(21)11-10-15-8-5-9-17(12-15)24-13-16-6-3-2-4-7-16/h2-12,14H,13H2,1H3,(H,20,21)(H,22,23)/b11-10+. The van der Waals surface area contributed by atoms with E-state index in [9.17, 15) is 9.59 Å². The van der Waals surface area contributed by atoms with Crippen molar-refractivity contribution in [1.82, 2.24) is 5.32 Å². The zero-order chi connectivity index (χ0) is 17.4. The molecule has 1 atom stereocenters. The monoisotopic (exact) mass is 325 g/mol. The number of amides is 1. The molecule has 0 saturated carbocycles. The summed E-state index contributed by atoms with van der Waals surface area (Å²) in [5.74, 6) is -0.839. The average Bonchev–Trinajstić information content (AvgIpc) is 2.59. The number of carbonyl (C=O) groups excluding carboxylic acids is 1. The molecule has 0 aliphatic rings. The Morgan fingerprint density at radius 3 is 2.62 bits per heavy atom. The van der Waals surface area contributed by atoms with E-state index in [0.717, 1.165) is 11.1 Å². The lowest BCUT2D eigenvalue weighted by atomic mass is 10.2. The van der Waals surface area contributed by atoms with Crippen molar-refractivity contribution in [2.24, 2.45) is 0 Å². The zero-order valence-corrected chi connectivity index (χ0v) is 13.3. The van der Waals surface area contributed by atoms with Gasteiger partial charge >= 0.3 is 5.97 Å². The lowest BCUT2D eigenvalue weighted by Gasteiger charge is -2.07. The van der Waals surface area contributed by atoms with Crippen LogP contribution in [0.5, 0.6) is 5.75 Å². The summed E-state index contributed by atoms with van der Waals surface area (Å²) in [7, 11) is 0. The molecular formula is C19H19NO4. The molecule has 1 unspecified atom stereocenters. The van der Waals surface area contributed by atoms with Gasteiger partial charge in [-0.05, 0) is 36.3 Å².